The molecule has 0 unspecified atom stereocenters. The van der Waals surface area contributed by atoms with E-state index in [4.69, 9.17) is 17.3 Å². The van der Waals surface area contributed by atoms with Crippen molar-refractivity contribution < 1.29 is 0 Å². The average Bonchev–Trinajstić information content (AvgIpc) is 2.45. The Kier molecular flexibility index (Phi) is 1.29. The predicted molar refractivity (Wildman–Crippen MR) is 45.8 cm³/mol. The van der Waals surface area contributed by atoms with E-state index in [1.54, 1.807) is 0 Å². The van der Waals surface area contributed by atoms with Gasteiger partial charge in [0, 0.05) is 0 Å². The van der Waals surface area contributed by atoms with E-state index < -0.39 is 0 Å². The van der Waals surface area contributed by atoms with Crippen LogP contribution in [0.1, 0.15) is 0 Å². The minimum atomic E-state index is 0.486. The van der Waals surface area contributed by atoms with Crippen molar-refractivity contribution in [2.45, 2.75) is 0 Å². The zero-order chi connectivity index (χ0) is 7.84. The van der Waals surface area contributed by atoms with Gasteiger partial charge >= 0.3 is 0 Å². The van der Waals surface area contributed by atoms with Gasteiger partial charge in [-0.15, -0.1) is 0 Å². The van der Waals surface area contributed by atoms with Crippen LogP contribution in [0.15, 0.2) is 6.20 Å². The van der Waals surface area contributed by atoms with Crippen LogP contribution in [0.4, 0.5) is 17.2 Å². The molecule has 4 N–H and O–H groups in total. The minimum absolute atomic E-state index is 0.486. The van der Waals surface area contributed by atoms with E-state index in [1.165, 1.54) is 6.20 Å². The fraction of sp³-hybridized carbons (Fsp3) is 0.167. The van der Waals surface area contributed by atoms with Crippen LogP contribution in [-0.4, -0.2) is 11.7 Å². The molecule has 0 radical (unpaired) electrons. The van der Waals surface area contributed by atoms with Crippen LogP contribution in [0.3, 0.4) is 0 Å². The van der Waals surface area contributed by atoms with E-state index in [1.807, 2.05) is 0 Å². The Morgan fingerprint density at radius 2 is 2.36 bits per heavy atom. The highest BCUT2D eigenvalue weighted by Gasteiger charge is 2.14. The standard InChI is InChI=1S/C6H7ClN4/c7-3-1-9-6-5(4(3)8)10-2-11-6/h1,10H,2H2,(H3,8,9,11). The number of rotatable bonds is 0. The molecule has 1 aromatic heterocycles. The van der Waals surface area contributed by atoms with Gasteiger partial charge < -0.3 is 16.4 Å². The van der Waals surface area contributed by atoms with Gasteiger partial charge in [-0.25, -0.2) is 4.98 Å². The Bertz CT molecular complexity index is 299. The second-order valence-corrected chi connectivity index (χ2v) is 2.68. The number of nitrogens with two attached hydrogens (primary N) is 1. The summed E-state index contributed by atoms with van der Waals surface area (Å²) in [7, 11) is 0. The van der Waals surface area contributed by atoms with Gasteiger partial charge in [0.2, 0.25) is 0 Å². The maximum atomic E-state index is 5.74. The number of pyridine rings is 1. The zero-order valence-corrected chi connectivity index (χ0v) is 6.44. The molecule has 0 fully saturated rings. The number of nitrogens with one attached hydrogen (secondary N) is 2. The van der Waals surface area contributed by atoms with Crippen LogP contribution in [0.2, 0.25) is 5.02 Å². The molecule has 5 heteroatoms. The molecule has 1 aliphatic heterocycles. The van der Waals surface area contributed by atoms with Crippen LogP contribution in [0.25, 0.3) is 0 Å². The number of fused-ring (bicyclic) bond motifs is 1. The van der Waals surface area contributed by atoms with Gasteiger partial charge in [0.25, 0.3) is 0 Å². The lowest BCUT2D eigenvalue weighted by Gasteiger charge is -2.02. The summed E-state index contributed by atoms with van der Waals surface area (Å²) in [6.45, 7) is 0.660. The van der Waals surface area contributed by atoms with Gasteiger partial charge in [0.1, 0.15) is 5.69 Å². The van der Waals surface area contributed by atoms with Gasteiger partial charge in [0.05, 0.1) is 23.6 Å². The quantitative estimate of drug-likeness (QED) is 0.546. The third-order valence-electron chi connectivity index (χ3n) is 1.59. The fourth-order valence-corrected chi connectivity index (χ4v) is 1.17. The van der Waals surface area contributed by atoms with Gasteiger partial charge in [-0.05, 0) is 0 Å². The molecule has 0 bridgehead atoms. The first kappa shape index (κ1) is 6.54. The molecule has 0 aliphatic carbocycles. The van der Waals surface area contributed by atoms with E-state index in [2.05, 4.69) is 15.6 Å². The average molecular weight is 171 g/mol. The molecular weight excluding hydrogens is 164 g/mol. The molecule has 58 valence electrons. The van der Waals surface area contributed by atoms with E-state index in [0.29, 0.717) is 17.4 Å². The highest BCUT2D eigenvalue weighted by Crippen LogP contribution is 2.34. The molecule has 0 atom stereocenters. The summed E-state index contributed by atoms with van der Waals surface area (Å²) >= 11 is 5.74. The third kappa shape index (κ3) is 0.867. The molecule has 0 saturated heterocycles. The minimum Gasteiger partial charge on any atom is -0.396 e. The Balaban J connectivity index is 2.62. The van der Waals surface area contributed by atoms with Crippen LogP contribution < -0.4 is 16.4 Å². The Hall–Kier alpha value is -1.16. The molecule has 2 rings (SSSR count). The third-order valence-corrected chi connectivity index (χ3v) is 1.89. The largest absolute Gasteiger partial charge is 0.396 e. The van der Waals surface area contributed by atoms with Crippen LogP contribution in [0.5, 0.6) is 0 Å². The topological polar surface area (TPSA) is 63.0 Å². The first-order valence-corrected chi connectivity index (χ1v) is 3.58. The van der Waals surface area contributed by atoms with E-state index in [-0.39, 0.29) is 0 Å². The summed E-state index contributed by atoms with van der Waals surface area (Å²) in [4.78, 5) is 4.03. The summed E-state index contributed by atoms with van der Waals surface area (Å²) in [6.07, 6.45) is 1.54. The molecule has 4 nitrogen and oxygen atoms in total. The fourth-order valence-electron chi connectivity index (χ4n) is 1.03. The number of nitrogen functional groups attached to an aromatic ring is 1. The molecule has 0 saturated carbocycles. The van der Waals surface area contributed by atoms with Crippen molar-refractivity contribution in [1.29, 1.82) is 0 Å². The highest BCUT2D eigenvalue weighted by molar-refractivity contribution is 6.33. The second kappa shape index (κ2) is 2.17. The lowest BCUT2D eigenvalue weighted by Crippen LogP contribution is -2.00. The number of hydrogen-bond donors (Lipinski definition) is 3. The Morgan fingerprint density at radius 3 is 3.18 bits per heavy atom. The van der Waals surface area contributed by atoms with Crippen molar-refractivity contribution in [2.24, 2.45) is 0 Å². The van der Waals surface area contributed by atoms with E-state index in [0.717, 1.165) is 11.5 Å². The first-order valence-electron chi connectivity index (χ1n) is 3.21. The van der Waals surface area contributed by atoms with Gasteiger partial charge in [-0.1, -0.05) is 11.6 Å². The van der Waals surface area contributed by atoms with Gasteiger partial charge in [0.15, 0.2) is 5.82 Å². The van der Waals surface area contributed by atoms with Crippen molar-refractivity contribution in [3.63, 3.8) is 0 Å². The molecule has 1 aromatic rings. The summed E-state index contributed by atoms with van der Waals surface area (Å²) in [6, 6.07) is 0. The van der Waals surface area contributed by atoms with Gasteiger partial charge in [-0.3, -0.25) is 0 Å². The maximum absolute atomic E-state index is 5.74. The maximum Gasteiger partial charge on any atom is 0.153 e. The number of hydrogen-bond acceptors (Lipinski definition) is 4. The van der Waals surface area contributed by atoms with Crippen molar-refractivity contribution in [3.05, 3.63) is 11.2 Å². The molecule has 2 heterocycles. The van der Waals surface area contributed by atoms with E-state index in [9.17, 15) is 0 Å². The molecular formula is C6H7ClN4. The first-order chi connectivity index (χ1) is 5.29. The molecule has 1 aliphatic rings. The monoisotopic (exact) mass is 170 g/mol. The normalized spacial score (nSPS) is 13.5. The molecule has 0 spiro atoms. The van der Waals surface area contributed by atoms with Crippen molar-refractivity contribution in [2.75, 3.05) is 23.0 Å². The SMILES string of the molecule is Nc1c(Cl)cnc2c1NCN2. The zero-order valence-electron chi connectivity index (χ0n) is 5.69. The predicted octanol–water partition coefficient (Wildman–Crippen LogP) is 1.11. The number of nitrogens with zero attached hydrogens (tertiary/aromatic N) is 1. The number of aromatic nitrogens is 1. The molecule has 11 heavy (non-hydrogen) atoms. The lowest BCUT2D eigenvalue weighted by atomic mass is 10.3. The number of anilines is 3. The Morgan fingerprint density at radius 1 is 1.55 bits per heavy atom. The number of halogens is 1. The summed E-state index contributed by atoms with van der Waals surface area (Å²) < 4.78 is 0. The molecule has 0 aromatic carbocycles. The van der Waals surface area contributed by atoms with Crippen molar-refractivity contribution >= 4 is 28.8 Å². The van der Waals surface area contributed by atoms with E-state index >= 15 is 0 Å². The van der Waals surface area contributed by atoms with Crippen LogP contribution >= 0.6 is 11.6 Å². The summed E-state index contributed by atoms with van der Waals surface area (Å²) in [5, 5.41) is 6.52. The Labute approximate surface area is 68.8 Å². The van der Waals surface area contributed by atoms with Crippen LogP contribution in [0, 0.1) is 0 Å². The second-order valence-electron chi connectivity index (χ2n) is 2.27. The molecule has 0 amide bonds. The van der Waals surface area contributed by atoms with Crippen molar-refractivity contribution in [1.82, 2.24) is 4.98 Å². The summed E-state index contributed by atoms with van der Waals surface area (Å²) in [5.41, 5.74) is 7.02. The van der Waals surface area contributed by atoms with Gasteiger partial charge in [-0.2, -0.15) is 0 Å². The van der Waals surface area contributed by atoms with Crippen molar-refractivity contribution in [3.8, 4) is 0 Å². The highest BCUT2D eigenvalue weighted by atomic mass is 35.5. The lowest BCUT2D eigenvalue weighted by molar-refractivity contribution is 1.27. The smallest absolute Gasteiger partial charge is 0.153 e. The van der Waals surface area contributed by atoms with Crippen LogP contribution in [-0.2, 0) is 0 Å². The summed E-state index contributed by atoms with van der Waals surface area (Å²) in [5.74, 6) is 0.770.